The molecule has 0 aliphatic carbocycles. The Bertz CT molecular complexity index is 551. The van der Waals surface area contributed by atoms with Crippen molar-refractivity contribution in [1.82, 2.24) is 4.72 Å². The van der Waals surface area contributed by atoms with E-state index in [9.17, 15) is 17.2 Å². The molecule has 6 nitrogen and oxygen atoms in total. The van der Waals surface area contributed by atoms with Crippen molar-refractivity contribution in [1.29, 1.82) is 0 Å². The van der Waals surface area contributed by atoms with Gasteiger partial charge in [0.15, 0.2) is 0 Å². The van der Waals surface area contributed by atoms with Gasteiger partial charge in [0.25, 0.3) is 6.43 Å². The van der Waals surface area contributed by atoms with E-state index in [4.69, 9.17) is 9.84 Å². The number of rotatable bonds is 9. The van der Waals surface area contributed by atoms with Crippen LogP contribution in [0.4, 0.5) is 8.78 Å². The number of ether oxygens (including phenoxy) is 2. The Hall–Kier alpha value is -1.29. The van der Waals surface area contributed by atoms with E-state index in [2.05, 4.69) is 9.46 Å². The number of aliphatic hydroxyl groups excluding tert-OH is 1. The number of methoxy groups -OCH3 is 1. The zero-order valence-corrected chi connectivity index (χ0v) is 12.2. The molecule has 0 amide bonds. The number of halogens is 2. The van der Waals surface area contributed by atoms with Crippen LogP contribution in [-0.2, 0) is 21.4 Å². The number of sulfonamides is 1. The summed E-state index contributed by atoms with van der Waals surface area (Å²) in [6.45, 7) is -1.39. The average Bonchev–Trinajstić information content (AvgIpc) is 2.45. The summed E-state index contributed by atoms with van der Waals surface area (Å²) in [5.41, 5.74) is 0.408. The van der Waals surface area contributed by atoms with E-state index in [0.717, 1.165) is 0 Å². The molecule has 0 heterocycles. The summed E-state index contributed by atoms with van der Waals surface area (Å²) >= 11 is 0. The highest BCUT2D eigenvalue weighted by molar-refractivity contribution is 7.89. The van der Waals surface area contributed by atoms with E-state index in [0.29, 0.717) is 5.56 Å². The first-order valence-electron chi connectivity index (χ1n) is 6.04. The van der Waals surface area contributed by atoms with E-state index in [-0.39, 0.29) is 30.4 Å². The van der Waals surface area contributed by atoms with Crippen LogP contribution in [0.5, 0.6) is 5.75 Å². The lowest BCUT2D eigenvalue weighted by molar-refractivity contribution is 0.0199. The van der Waals surface area contributed by atoms with Gasteiger partial charge in [-0.1, -0.05) is 6.07 Å². The lowest BCUT2D eigenvalue weighted by Gasteiger charge is -2.12. The van der Waals surface area contributed by atoms with Crippen LogP contribution < -0.4 is 9.46 Å². The Morgan fingerprint density at radius 3 is 2.67 bits per heavy atom. The van der Waals surface area contributed by atoms with Gasteiger partial charge in [0.2, 0.25) is 10.0 Å². The Morgan fingerprint density at radius 1 is 1.38 bits per heavy atom. The van der Waals surface area contributed by atoms with Crippen molar-refractivity contribution in [3.63, 3.8) is 0 Å². The Balaban J connectivity index is 2.73. The van der Waals surface area contributed by atoms with Gasteiger partial charge in [-0.25, -0.2) is 21.9 Å². The van der Waals surface area contributed by atoms with Crippen molar-refractivity contribution in [2.75, 3.05) is 26.9 Å². The molecule has 120 valence electrons. The summed E-state index contributed by atoms with van der Waals surface area (Å²) in [7, 11) is -2.57. The highest BCUT2D eigenvalue weighted by Gasteiger charge is 2.19. The topological polar surface area (TPSA) is 84.9 Å². The van der Waals surface area contributed by atoms with E-state index in [1.165, 1.54) is 25.3 Å². The molecule has 0 aromatic heterocycles. The molecule has 0 bridgehead atoms. The SMILES string of the molecule is COc1ccc(CO)cc1S(=O)(=O)NCCOCC(F)F. The lowest BCUT2D eigenvalue weighted by Crippen LogP contribution is -2.28. The van der Waals surface area contributed by atoms with Crippen LogP contribution in [0, 0.1) is 0 Å². The van der Waals surface area contributed by atoms with Crippen LogP contribution in [0.3, 0.4) is 0 Å². The third kappa shape index (κ3) is 5.54. The molecule has 0 aliphatic heterocycles. The number of hydrogen-bond donors (Lipinski definition) is 2. The molecule has 0 aliphatic rings. The van der Waals surface area contributed by atoms with Gasteiger partial charge in [0.05, 0.1) is 20.3 Å². The van der Waals surface area contributed by atoms with Gasteiger partial charge in [-0.15, -0.1) is 0 Å². The second kappa shape index (κ2) is 8.23. The minimum Gasteiger partial charge on any atom is -0.495 e. The normalized spacial score (nSPS) is 11.9. The molecule has 0 atom stereocenters. The van der Waals surface area contributed by atoms with Crippen LogP contribution in [0.15, 0.2) is 23.1 Å². The van der Waals surface area contributed by atoms with Crippen molar-refractivity contribution in [2.45, 2.75) is 17.9 Å². The number of nitrogens with one attached hydrogen (secondary N) is 1. The van der Waals surface area contributed by atoms with Crippen molar-refractivity contribution in [3.8, 4) is 5.75 Å². The number of aliphatic hydroxyl groups is 1. The van der Waals surface area contributed by atoms with Crippen LogP contribution in [0.2, 0.25) is 0 Å². The van der Waals surface area contributed by atoms with E-state index in [1.54, 1.807) is 0 Å². The van der Waals surface area contributed by atoms with Crippen LogP contribution >= 0.6 is 0 Å². The zero-order valence-electron chi connectivity index (χ0n) is 11.4. The molecule has 0 saturated heterocycles. The maximum Gasteiger partial charge on any atom is 0.261 e. The second-order valence-electron chi connectivity index (χ2n) is 4.01. The van der Waals surface area contributed by atoms with Crippen molar-refractivity contribution in [3.05, 3.63) is 23.8 Å². The van der Waals surface area contributed by atoms with Gasteiger partial charge >= 0.3 is 0 Å². The van der Waals surface area contributed by atoms with Crippen molar-refractivity contribution in [2.24, 2.45) is 0 Å². The van der Waals surface area contributed by atoms with Crippen molar-refractivity contribution >= 4 is 10.0 Å². The maximum absolute atomic E-state index is 12.1. The fraction of sp³-hybridized carbons (Fsp3) is 0.500. The summed E-state index contributed by atoms with van der Waals surface area (Å²) in [6.07, 6.45) is -2.59. The molecular formula is C12H17F2NO5S. The van der Waals surface area contributed by atoms with Crippen LogP contribution in [0.1, 0.15) is 5.56 Å². The van der Waals surface area contributed by atoms with Gasteiger partial charge in [-0.05, 0) is 17.7 Å². The standard InChI is InChI=1S/C12H17F2NO5S/c1-19-10-3-2-9(7-16)6-11(10)21(17,18)15-4-5-20-8-12(13)14/h2-3,6,12,15-16H,4-5,7-8H2,1H3. The van der Waals surface area contributed by atoms with Gasteiger partial charge in [0, 0.05) is 6.54 Å². The average molecular weight is 325 g/mol. The predicted octanol–water partition coefficient (Wildman–Crippen LogP) is 0.747. The fourth-order valence-electron chi connectivity index (χ4n) is 1.53. The minimum atomic E-state index is -3.89. The summed E-state index contributed by atoms with van der Waals surface area (Å²) < 4.78 is 59.6. The van der Waals surface area contributed by atoms with E-state index >= 15 is 0 Å². The Morgan fingerprint density at radius 2 is 2.10 bits per heavy atom. The number of hydrogen-bond acceptors (Lipinski definition) is 5. The monoisotopic (exact) mass is 325 g/mol. The smallest absolute Gasteiger partial charge is 0.261 e. The van der Waals surface area contributed by atoms with E-state index in [1.807, 2.05) is 0 Å². The first kappa shape index (κ1) is 17.8. The molecular weight excluding hydrogens is 308 g/mol. The molecule has 0 saturated carbocycles. The third-order valence-corrected chi connectivity index (χ3v) is 3.96. The second-order valence-corrected chi connectivity index (χ2v) is 5.74. The molecule has 1 aromatic carbocycles. The molecule has 21 heavy (non-hydrogen) atoms. The molecule has 1 rings (SSSR count). The maximum atomic E-state index is 12.1. The summed E-state index contributed by atoms with van der Waals surface area (Å²) in [6, 6.07) is 4.23. The lowest BCUT2D eigenvalue weighted by atomic mass is 10.2. The zero-order chi connectivity index (χ0) is 15.9. The molecule has 0 unspecified atom stereocenters. The summed E-state index contributed by atoms with van der Waals surface area (Å²) in [5.74, 6) is 0.119. The molecule has 0 spiro atoms. The van der Waals surface area contributed by atoms with Crippen molar-refractivity contribution < 1.29 is 31.8 Å². The molecule has 2 N–H and O–H groups in total. The van der Waals surface area contributed by atoms with E-state index < -0.39 is 23.1 Å². The van der Waals surface area contributed by atoms with Gasteiger partial charge < -0.3 is 14.6 Å². The van der Waals surface area contributed by atoms with Crippen LogP contribution in [-0.4, -0.2) is 46.8 Å². The molecule has 9 heteroatoms. The quantitative estimate of drug-likeness (QED) is 0.655. The highest BCUT2D eigenvalue weighted by Crippen LogP contribution is 2.24. The largest absolute Gasteiger partial charge is 0.495 e. The number of benzene rings is 1. The van der Waals surface area contributed by atoms with Gasteiger partial charge in [0.1, 0.15) is 17.3 Å². The Labute approximate surface area is 121 Å². The van der Waals surface area contributed by atoms with Gasteiger partial charge in [-0.3, -0.25) is 0 Å². The molecule has 1 aromatic rings. The molecule has 0 radical (unpaired) electrons. The summed E-state index contributed by atoms with van der Waals surface area (Å²) in [4.78, 5) is -0.134. The molecule has 0 fully saturated rings. The first-order chi connectivity index (χ1) is 9.90. The fourth-order valence-corrected chi connectivity index (χ4v) is 2.76. The first-order valence-corrected chi connectivity index (χ1v) is 7.52. The van der Waals surface area contributed by atoms with Crippen LogP contribution in [0.25, 0.3) is 0 Å². The minimum absolute atomic E-state index is 0.119. The summed E-state index contributed by atoms with van der Waals surface area (Å²) in [5, 5.41) is 9.04. The Kier molecular flexibility index (Phi) is 6.96. The predicted molar refractivity (Wildman–Crippen MR) is 70.9 cm³/mol. The third-order valence-electron chi connectivity index (χ3n) is 2.48. The highest BCUT2D eigenvalue weighted by atomic mass is 32.2. The number of alkyl halides is 2. The van der Waals surface area contributed by atoms with Gasteiger partial charge in [-0.2, -0.15) is 0 Å².